The zero-order valence-corrected chi connectivity index (χ0v) is 9.42. The molecule has 0 fully saturated rings. The van der Waals surface area contributed by atoms with Crippen molar-refractivity contribution in [2.24, 2.45) is 16.9 Å². The SMILES string of the molecule is CC(C)CSc1cccc(C=NN)c1. The fourth-order valence-corrected chi connectivity index (χ4v) is 1.95. The molecule has 14 heavy (non-hydrogen) atoms. The summed E-state index contributed by atoms with van der Waals surface area (Å²) in [7, 11) is 0. The Kier molecular flexibility index (Phi) is 4.53. The molecule has 0 saturated carbocycles. The van der Waals surface area contributed by atoms with Crippen LogP contribution in [0.3, 0.4) is 0 Å². The zero-order valence-electron chi connectivity index (χ0n) is 8.60. The highest BCUT2D eigenvalue weighted by atomic mass is 32.2. The van der Waals surface area contributed by atoms with Gasteiger partial charge in [0.2, 0.25) is 0 Å². The van der Waals surface area contributed by atoms with Crippen LogP contribution in [0, 0.1) is 5.92 Å². The summed E-state index contributed by atoms with van der Waals surface area (Å²) in [5.41, 5.74) is 1.06. The quantitative estimate of drug-likeness (QED) is 0.357. The molecule has 1 aromatic carbocycles. The minimum Gasteiger partial charge on any atom is -0.323 e. The van der Waals surface area contributed by atoms with Crippen molar-refractivity contribution in [3.8, 4) is 0 Å². The van der Waals surface area contributed by atoms with Crippen LogP contribution in [0.15, 0.2) is 34.3 Å². The standard InChI is InChI=1S/C11H16N2S/c1-9(2)8-14-11-5-3-4-10(6-11)7-13-12/h3-7,9H,8,12H2,1-2H3. The van der Waals surface area contributed by atoms with Crippen molar-refractivity contribution >= 4 is 18.0 Å². The number of thioether (sulfide) groups is 1. The van der Waals surface area contributed by atoms with Crippen molar-refractivity contribution in [2.75, 3.05) is 5.75 Å². The van der Waals surface area contributed by atoms with Gasteiger partial charge in [0.15, 0.2) is 0 Å². The normalized spacial score (nSPS) is 11.4. The molecule has 0 radical (unpaired) electrons. The van der Waals surface area contributed by atoms with Gasteiger partial charge in [-0.25, -0.2) is 0 Å². The second-order valence-electron chi connectivity index (χ2n) is 3.56. The summed E-state index contributed by atoms with van der Waals surface area (Å²) in [6.07, 6.45) is 1.67. The maximum atomic E-state index is 5.10. The lowest BCUT2D eigenvalue weighted by atomic mass is 10.2. The molecule has 76 valence electrons. The molecule has 0 bridgehead atoms. The molecule has 3 heteroatoms. The maximum absolute atomic E-state index is 5.10. The summed E-state index contributed by atoms with van der Waals surface area (Å²) in [4.78, 5) is 1.27. The van der Waals surface area contributed by atoms with Crippen LogP contribution in [0.5, 0.6) is 0 Å². The minimum atomic E-state index is 0.715. The van der Waals surface area contributed by atoms with E-state index >= 15 is 0 Å². The van der Waals surface area contributed by atoms with Crippen molar-refractivity contribution in [3.63, 3.8) is 0 Å². The molecular formula is C11H16N2S. The first-order valence-corrected chi connectivity index (χ1v) is 5.67. The molecule has 0 atom stereocenters. The molecule has 1 aromatic rings. The van der Waals surface area contributed by atoms with E-state index in [1.165, 1.54) is 4.90 Å². The Morgan fingerprint density at radius 1 is 1.50 bits per heavy atom. The second kappa shape index (κ2) is 5.70. The maximum Gasteiger partial charge on any atom is 0.0538 e. The monoisotopic (exact) mass is 208 g/mol. The van der Waals surface area contributed by atoms with Crippen LogP contribution in [-0.4, -0.2) is 12.0 Å². The summed E-state index contributed by atoms with van der Waals surface area (Å²) in [6.45, 7) is 4.44. The smallest absolute Gasteiger partial charge is 0.0538 e. The molecule has 1 rings (SSSR count). The Balaban J connectivity index is 2.63. The van der Waals surface area contributed by atoms with Gasteiger partial charge in [0.05, 0.1) is 6.21 Å². The topological polar surface area (TPSA) is 38.4 Å². The van der Waals surface area contributed by atoms with Gasteiger partial charge in [-0.15, -0.1) is 11.8 Å². The third-order valence-corrected chi connectivity index (χ3v) is 3.09. The lowest BCUT2D eigenvalue weighted by Crippen LogP contribution is -1.91. The molecule has 2 nitrogen and oxygen atoms in total. The number of hydrazone groups is 1. The van der Waals surface area contributed by atoms with Gasteiger partial charge in [-0.3, -0.25) is 0 Å². The predicted octanol–water partition coefficient (Wildman–Crippen LogP) is 2.73. The molecule has 0 unspecified atom stereocenters. The first-order valence-electron chi connectivity index (χ1n) is 4.68. The average molecular weight is 208 g/mol. The summed E-state index contributed by atoms with van der Waals surface area (Å²) < 4.78 is 0. The number of rotatable bonds is 4. The van der Waals surface area contributed by atoms with E-state index in [2.05, 4.69) is 31.1 Å². The number of nitrogens with two attached hydrogens (primary N) is 1. The van der Waals surface area contributed by atoms with E-state index in [1.54, 1.807) is 6.21 Å². The average Bonchev–Trinajstić information content (AvgIpc) is 2.16. The Morgan fingerprint density at radius 3 is 2.93 bits per heavy atom. The lowest BCUT2D eigenvalue weighted by molar-refractivity contribution is 0.750. The van der Waals surface area contributed by atoms with Crippen LogP contribution in [0.2, 0.25) is 0 Å². The Labute approximate surface area is 89.6 Å². The third-order valence-electron chi connectivity index (χ3n) is 1.67. The molecule has 0 aliphatic heterocycles. The van der Waals surface area contributed by atoms with Gasteiger partial charge < -0.3 is 5.84 Å². The van der Waals surface area contributed by atoms with Gasteiger partial charge in [-0.2, -0.15) is 5.10 Å². The van der Waals surface area contributed by atoms with Crippen molar-refractivity contribution in [1.29, 1.82) is 0 Å². The molecule has 0 spiro atoms. The predicted molar refractivity (Wildman–Crippen MR) is 63.8 cm³/mol. The molecule has 0 saturated heterocycles. The fourth-order valence-electron chi connectivity index (χ4n) is 1.03. The van der Waals surface area contributed by atoms with Gasteiger partial charge in [-0.05, 0) is 23.6 Å². The number of hydrogen-bond acceptors (Lipinski definition) is 3. The number of nitrogens with zero attached hydrogens (tertiary/aromatic N) is 1. The first-order chi connectivity index (χ1) is 6.72. The van der Waals surface area contributed by atoms with Crippen LogP contribution in [0.4, 0.5) is 0 Å². The number of benzene rings is 1. The van der Waals surface area contributed by atoms with Crippen LogP contribution >= 0.6 is 11.8 Å². The van der Waals surface area contributed by atoms with E-state index in [0.29, 0.717) is 5.92 Å². The number of hydrogen-bond donors (Lipinski definition) is 1. The van der Waals surface area contributed by atoms with Crippen LogP contribution in [0.1, 0.15) is 19.4 Å². The Morgan fingerprint density at radius 2 is 2.29 bits per heavy atom. The fraction of sp³-hybridized carbons (Fsp3) is 0.364. The third kappa shape index (κ3) is 3.83. The van der Waals surface area contributed by atoms with Crippen molar-refractivity contribution in [1.82, 2.24) is 0 Å². The highest BCUT2D eigenvalue weighted by molar-refractivity contribution is 7.99. The van der Waals surface area contributed by atoms with E-state index in [1.807, 2.05) is 23.9 Å². The van der Waals surface area contributed by atoms with Gasteiger partial charge in [0.25, 0.3) is 0 Å². The molecule has 0 heterocycles. The summed E-state index contributed by atoms with van der Waals surface area (Å²) in [6, 6.07) is 8.24. The Hall–Kier alpha value is -0.960. The van der Waals surface area contributed by atoms with Crippen LogP contribution < -0.4 is 5.84 Å². The van der Waals surface area contributed by atoms with E-state index in [-0.39, 0.29) is 0 Å². The van der Waals surface area contributed by atoms with E-state index in [9.17, 15) is 0 Å². The van der Waals surface area contributed by atoms with Gasteiger partial charge in [0.1, 0.15) is 0 Å². The van der Waals surface area contributed by atoms with Gasteiger partial charge in [0, 0.05) is 10.6 Å². The van der Waals surface area contributed by atoms with E-state index in [0.717, 1.165) is 11.3 Å². The summed E-state index contributed by atoms with van der Waals surface area (Å²) >= 11 is 1.87. The molecule has 0 aliphatic rings. The molecule has 0 amide bonds. The molecule has 0 aliphatic carbocycles. The lowest BCUT2D eigenvalue weighted by Gasteiger charge is -2.04. The molecule has 0 aromatic heterocycles. The van der Waals surface area contributed by atoms with Gasteiger partial charge >= 0.3 is 0 Å². The van der Waals surface area contributed by atoms with Crippen LogP contribution in [0.25, 0.3) is 0 Å². The van der Waals surface area contributed by atoms with Gasteiger partial charge in [-0.1, -0.05) is 26.0 Å². The van der Waals surface area contributed by atoms with Crippen LogP contribution in [-0.2, 0) is 0 Å². The van der Waals surface area contributed by atoms with E-state index in [4.69, 9.17) is 5.84 Å². The summed E-state index contributed by atoms with van der Waals surface area (Å²) in [5.74, 6) is 6.95. The zero-order chi connectivity index (χ0) is 10.4. The highest BCUT2D eigenvalue weighted by Crippen LogP contribution is 2.20. The van der Waals surface area contributed by atoms with Crippen molar-refractivity contribution in [3.05, 3.63) is 29.8 Å². The minimum absolute atomic E-state index is 0.715. The second-order valence-corrected chi connectivity index (χ2v) is 4.65. The van der Waals surface area contributed by atoms with E-state index < -0.39 is 0 Å². The van der Waals surface area contributed by atoms with Crippen molar-refractivity contribution in [2.45, 2.75) is 18.7 Å². The highest BCUT2D eigenvalue weighted by Gasteiger charge is 1.97. The first kappa shape index (κ1) is 11.1. The summed E-state index contributed by atoms with van der Waals surface area (Å²) in [5, 5.41) is 3.51. The molecule has 2 N–H and O–H groups in total. The van der Waals surface area contributed by atoms with Crippen molar-refractivity contribution < 1.29 is 0 Å². The molecular weight excluding hydrogens is 192 g/mol. The Bertz CT molecular complexity index is 308. The largest absolute Gasteiger partial charge is 0.323 e.